The molecule has 1 amide bonds. The van der Waals surface area contributed by atoms with Gasteiger partial charge in [-0.05, 0) is 12.1 Å². The van der Waals surface area contributed by atoms with Gasteiger partial charge in [0.15, 0.2) is 0 Å². The third-order valence-corrected chi connectivity index (χ3v) is 3.22. The van der Waals surface area contributed by atoms with Crippen molar-refractivity contribution in [1.29, 1.82) is 0 Å². The Labute approximate surface area is 110 Å². The molecule has 4 nitrogen and oxygen atoms in total. The fourth-order valence-corrected chi connectivity index (χ4v) is 2.16. The van der Waals surface area contributed by atoms with Crippen LogP contribution in [0.15, 0.2) is 35.8 Å². The van der Waals surface area contributed by atoms with Crippen LogP contribution in [0.4, 0.5) is 0 Å². The molecule has 0 fully saturated rings. The Bertz CT molecular complexity index is 511. The second kappa shape index (κ2) is 6.28. The molecule has 0 aliphatic rings. The van der Waals surface area contributed by atoms with Gasteiger partial charge in [0.1, 0.15) is 5.01 Å². The molecule has 94 valence electrons. The van der Waals surface area contributed by atoms with Crippen LogP contribution >= 0.6 is 11.3 Å². The molecule has 1 aromatic carbocycles. The van der Waals surface area contributed by atoms with Crippen LogP contribution in [0.3, 0.4) is 0 Å². The average molecular weight is 262 g/mol. The zero-order valence-corrected chi connectivity index (χ0v) is 10.9. The number of carbonyl (C=O) groups excluding carboxylic acids is 1. The number of carbonyl (C=O) groups is 1. The van der Waals surface area contributed by atoms with E-state index in [1.807, 2.05) is 23.6 Å². The first-order valence-electron chi connectivity index (χ1n) is 5.58. The lowest BCUT2D eigenvalue weighted by Gasteiger charge is -2.05. The Hall–Kier alpha value is -1.72. The molecule has 1 N–H and O–H groups in total. The van der Waals surface area contributed by atoms with E-state index in [-0.39, 0.29) is 5.91 Å². The maximum absolute atomic E-state index is 11.9. The molecule has 0 unspecified atom stereocenters. The molecule has 1 heterocycles. The molecule has 0 bridgehead atoms. The van der Waals surface area contributed by atoms with Gasteiger partial charge < -0.3 is 10.1 Å². The number of aromatic nitrogens is 1. The van der Waals surface area contributed by atoms with E-state index in [1.54, 1.807) is 30.7 Å². The van der Waals surface area contributed by atoms with Crippen molar-refractivity contribution in [2.75, 3.05) is 20.3 Å². The van der Waals surface area contributed by atoms with Crippen molar-refractivity contribution in [1.82, 2.24) is 10.3 Å². The molecule has 0 aliphatic heterocycles. The van der Waals surface area contributed by atoms with Gasteiger partial charge in [-0.3, -0.25) is 4.79 Å². The van der Waals surface area contributed by atoms with Crippen molar-refractivity contribution >= 4 is 17.2 Å². The maximum Gasteiger partial charge on any atom is 0.251 e. The third kappa shape index (κ3) is 3.15. The SMILES string of the molecule is COCCNC(=O)c1cccc(-c2nccs2)c1. The summed E-state index contributed by atoms with van der Waals surface area (Å²) in [5.41, 5.74) is 1.60. The quantitative estimate of drug-likeness (QED) is 0.840. The van der Waals surface area contributed by atoms with E-state index in [0.717, 1.165) is 10.6 Å². The molecule has 0 atom stereocenters. The zero-order valence-electron chi connectivity index (χ0n) is 10.1. The number of methoxy groups -OCH3 is 1. The maximum atomic E-state index is 11.9. The van der Waals surface area contributed by atoms with Gasteiger partial charge in [-0.25, -0.2) is 4.98 Å². The van der Waals surface area contributed by atoms with E-state index in [2.05, 4.69) is 10.3 Å². The molecule has 18 heavy (non-hydrogen) atoms. The zero-order chi connectivity index (χ0) is 12.8. The van der Waals surface area contributed by atoms with Gasteiger partial charge in [0.2, 0.25) is 0 Å². The second-order valence-corrected chi connectivity index (χ2v) is 4.56. The minimum absolute atomic E-state index is 0.0922. The van der Waals surface area contributed by atoms with E-state index < -0.39 is 0 Å². The monoisotopic (exact) mass is 262 g/mol. The first-order valence-corrected chi connectivity index (χ1v) is 6.46. The number of nitrogens with zero attached hydrogens (tertiary/aromatic N) is 1. The van der Waals surface area contributed by atoms with Crippen molar-refractivity contribution in [3.63, 3.8) is 0 Å². The number of benzene rings is 1. The van der Waals surface area contributed by atoms with Gasteiger partial charge in [0.05, 0.1) is 6.61 Å². The first kappa shape index (κ1) is 12.7. The summed E-state index contributed by atoms with van der Waals surface area (Å²) >= 11 is 1.56. The third-order valence-electron chi connectivity index (χ3n) is 2.40. The van der Waals surface area contributed by atoms with Crippen molar-refractivity contribution in [2.24, 2.45) is 0 Å². The predicted molar refractivity (Wildman–Crippen MR) is 71.8 cm³/mol. The lowest BCUT2D eigenvalue weighted by molar-refractivity contribution is 0.0937. The summed E-state index contributed by atoms with van der Waals surface area (Å²) in [7, 11) is 1.61. The van der Waals surface area contributed by atoms with Crippen LogP contribution < -0.4 is 5.32 Å². The highest BCUT2D eigenvalue weighted by Crippen LogP contribution is 2.22. The van der Waals surface area contributed by atoms with E-state index in [0.29, 0.717) is 18.7 Å². The molecule has 2 aromatic rings. The molecular weight excluding hydrogens is 248 g/mol. The van der Waals surface area contributed by atoms with Crippen LogP contribution in [0.1, 0.15) is 10.4 Å². The number of nitrogens with one attached hydrogen (secondary N) is 1. The van der Waals surface area contributed by atoms with Gasteiger partial charge >= 0.3 is 0 Å². The molecule has 0 radical (unpaired) electrons. The minimum Gasteiger partial charge on any atom is -0.383 e. The molecule has 0 spiro atoms. The topological polar surface area (TPSA) is 51.2 Å². The first-order chi connectivity index (χ1) is 8.81. The van der Waals surface area contributed by atoms with Crippen molar-refractivity contribution in [3.05, 3.63) is 41.4 Å². The summed E-state index contributed by atoms with van der Waals surface area (Å²) in [5.74, 6) is -0.0922. The summed E-state index contributed by atoms with van der Waals surface area (Å²) in [6.07, 6.45) is 1.76. The Morgan fingerprint density at radius 2 is 2.39 bits per heavy atom. The van der Waals surface area contributed by atoms with Crippen molar-refractivity contribution in [2.45, 2.75) is 0 Å². The Balaban J connectivity index is 2.10. The summed E-state index contributed by atoms with van der Waals surface area (Å²) < 4.78 is 4.89. The highest BCUT2D eigenvalue weighted by Gasteiger charge is 2.07. The van der Waals surface area contributed by atoms with Gasteiger partial charge in [0, 0.05) is 36.4 Å². The number of hydrogen-bond donors (Lipinski definition) is 1. The van der Waals surface area contributed by atoms with Gasteiger partial charge in [-0.15, -0.1) is 11.3 Å². The lowest BCUT2D eigenvalue weighted by Crippen LogP contribution is -2.26. The predicted octanol–water partition coefficient (Wildman–Crippen LogP) is 2.19. The molecule has 0 aliphatic carbocycles. The standard InChI is InChI=1S/C13H14N2O2S/c1-17-7-5-14-12(16)10-3-2-4-11(9-10)13-15-6-8-18-13/h2-4,6,8-9H,5,7H2,1H3,(H,14,16). The van der Waals surface area contributed by atoms with Crippen LogP contribution in [0, 0.1) is 0 Å². The van der Waals surface area contributed by atoms with Crippen LogP contribution in [0.25, 0.3) is 10.6 Å². The van der Waals surface area contributed by atoms with E-state index in [4.69, 9.17) is 4.74 Å². The van der Waals surface area contributed by atoms with Crippen LogP contribution in [0.5, 0.6) is 0 Å². The van der Waals surface area contributed by atoms with Crippen LogP contribution in [0.2, 0.25) is 0 Å². The molecular formula is C13H14N2O2S. The van der Waals surface area contributed by atoms with Crippen molar-refractivity contribution < 1.29 is 9.53 Å². The van der Waals surface area contributed by atoms with Crippen molar-refractivity contribution in [3.8, 4) is 10.6 Å². The lowest BCUT2D eigenvalue weighted by atomic mass is 10.1. The molecule has 5 heteroatoms. The van der Waals surface area contributed by atoms with Crippen LogP contribution in [-0.2, 0) is 4.74 Å². The number of hydrogen-bond acceptors (Lipinski definition) is 4. The molecule has 0 saturated heterocycles. The summed E-state index contributed by atoms with van der Waals surface area (Å²) in [6, 6.07) is 7.45. The minimum atomic E-state index is -0.0922. The normalized spacial score (nSPS) is 10.3. The molecule has 0 saturated carbocycles. The Morgan fingerprint density at radius 3 is 3.11 bits per heavy atom. The highest BCUT2D eigenvalue weighted by atomic mass is 32.1. The largest absolute Gasteiger partial charge is 0.383 e. The van der Waals surface area contributed by atoms with Crippen LogP contribution in [-0.4, -0.2) is 31.2 Å². The average Bonchev–Trinajstić information content (AvgIpc) is 2.93. The van der Waals surface area contributed by atoms with Gasteiger partial charge in [-0.2, -0.15) is 0 Å². The smallest absolute Gasteiger partial charge is 0.251 e. The van der Waals surface area contributed by atoms with E-state index in [9.17, 15) is 4.79 Å². The second-order valence-electron chi connectivity index (χ2n) is 3.67. The van der Waals surface area contributed by atoms with E-state index in [1.165, 1.54) is 0 Å². The van der Waals surface area contributed by atoms with Gasteiger partial charge in [-0.1, -0.05) is 12.1 Å². The molecule has 1 aromatic heterocycles. The van der Waals surface area contributed by atoms with E-state index >= 15 is 0 Å². The Kier molecular flexibility index (Phi) is 4.44. The highest BCUT2D eigenvalue weighted by molar-refractivity contribution is 7.13. The van der Waals surface area contributed by atoms with Gasteiger partial charge in [0.25, 0.3) is 5.91 Å². The summed E-state index contributed by atoms with van der Waals surface area (Å²) in [5, 5.41) is 5.63. The number of thiazole rings is 1. The summed E-state index contributed by atoms with van der Waals surface area (Å²) in [4.78, 5) is 16.1. The number of amides is 1. The number of rotatable bonds is 5. The molecule has 2 rings (SSSR count). The summed E-state index contributed by atoms with van der Waals surface area (Å²) in [6.45, 7) is 1.02. The number of ether oxygens (including phenoxy) is 1. The fraction of sp³-hybridized carbons (Fsp3) is 0.231. The fourth-order valence-electron chi connectivity index (χ4n) is 1.53. The Morgan fingerprint density at radius 1 is 1.50 bits per heavy atom.